The van der Waals surface area contributed by atoms with Crippen LogP contribution in [0, 0.1) is 0 Å². The van der Waals surface area contributed by atoms with Crippen molar-refractivity contribution in [1.29, 1.82) is 0 Å². The van der Waals surface area contributed by atoms with Gasteiger partial charge in [-0.15, -0.1) is 0 Å². The first-order valence-electron chi connectivity index (χ1n) is 9.27. The molecule has 0 aromatic heterocycles. The maximum absolute atomic E-state index is 12.9. The highest BCUT2D eigenvalue weighted by Crippen LogP contribution is 2.38. The Bertz CT molecular complexity index is 957. The normalized spacial score (nSPS) is 16.3. The maximum Gasteiger partial charge on any atom is 0.338 e. The van der Waals surface area contributed by atoms with E-state index in [1.165, 1.54) is 0 Å². The van der Waals surface area contributed by atoms with Gasteiger partial charge in [-0.05, 0) is 55.9 Å². The standard InChI is InChI=1S/C22H24N2O4S/c1-5-28-21(25)19-14(2)24(17-11-6-7-12-18(17)27-4)22(29)23-20(19)15-9-8-10-16(13-15)26-3/h6-13,20H,5H2,1-4H3,(H,23,29)/t20-/m0/s1. The van der Waals surface area contributed by atoms with E-state index >= 15 is 0 Å². The predicted octanol–water partition coefficient (Wildman–Crippen LogP) is 3.98. The highest BCUT2D eigenvalue weighted by atomic mass is 32.1. The molecule has 0 fully saturated rings. The number of hydrogen-bond donors (Lipinski definition) is 1. The number of nitrogens with zero attached hydrogens (tertiary/aromatic N) is 1. The Morgan fingerprint density at radius 3 is 2.59 bits per heavy atom. The number of thiocarbonyl (C=S) groups is 1. The minimum atomic E-state index is -0.456. The lowest BCUT2D eigenvalue weighted by Gasteiger charge is -2.38. The first-order chi connectivity index (χ1) is 14.0. The summed E-state index contributed by atoms with van der Waals surface area (Å²) in [6, 6.07) is 14.6. The van der Waals surface area contributed by atoms with Gasteiger partial charge in [0.1, 0.15) is 11.5 Å². The summed E-state index contributed by atoms with van der Waals surface area (Å²) in [4.78, 5) is 14.7. The van der Waals surface area contributed by atoms with Crippen LogP contribution in [0.3, 0.4) is 0 Å². The Kier molecular flexibility index (Phi) is 6.39. The third-order valence-electron chi connectivity index (χ3n) is 4.73. The van der Waals surface area contributed by atoms with E-state index in [-0.39, 0.29) is 6.61 Å². The number of anilines is 1. The Balaban J connectivity index is 2.16. The molecular formula is C22H24N2O4S. The minimum absolute atomic E-state index is 0.277. The van der Waals surface area contributed by atoms with Gasteiger partial charge >= 0.3 is 5.97 Å². The third kappa shape index (κ3) is 4.05. The van der Waals surface area contributed by atoms with Crippen LogP contribution in [0.1, 0.15) is 25.5 Å². The quantitative estimate of drug-likeness (QED) is 0.569. The van der Waals surface area contributed by atoms with Crippen molar-refractivity contribution in [3.8, 4) is 11.5 Å². The smallest absolute Gasteiger partial charge is 0.338 e. The van der Waals surface area contributed by atoms with E-state index in [0.717, 1.165) is 11.3 Å². The summed E-state index contributed by atoms with van der Waals surface area (Å²) in [6.45, 7) is 3.92. The van der Waals surface area contributed by atoms with Gasteiger partial charge in [0.25, 0.3) is 0 Å². The molecule has 0 aliphatic carbocycles. The zero-order valence-electron chi connectivity index (χ0n) is 16.9. The summed E-state index contributed by atoms with van der Waals surface area (Å²) < 4.78 is 16.2. The Morgan fingerprint density at radius 1 is 1.14 bits per heavy atom. The lowest BCUT2D eigenvalue weighted by molar-refractivity contribution is -0.139. The number of rotatable bonds is 6. The van der Waals surface area contributed by atoms with Crippen LogP contribution in [-0.4, -0.2) is 31.9 Å². The predicted molar refractivity (Wildman–Crippen MR) is 116 cm³/mol. The summed E-state index contributed by atoms with van der Waals surface area (Å²) in [6.07, 6.45) is 0. The second-order valence-electron chi connectivity index (χ2n) is 6.39. The van der Waals surface area contributed by atoms with Crippen molar-refractivity contribution in [2.24, 2.45) is 0 Å². The number of nitrogens with one attached hydrogen (secondary N) is 1. The molecule has 1 aliphatic heterocycles. The molecule has 0 saturated carbocycles. The zero-order chi connectivity index (χ0) is 21.0. The van der Waals surface area contributed by atoms with E-state index < -0.39 is 12.0 Å². The van der Waals surface area contributed by atoms with Crippen molar-refractivity contribution in [2.75, 3.05) is 25.7 Å². The van der Waals surface area contributed by atoms with Crippen LogP contribution in [-0.2, 0) is 9.53 Å². The van der Waals surface area contributed by atoms with Gasteiger partial charge in [0.05, 0.1) is 38.1 Å². The second kappa shape index (κ2) is 8.96. The lowest BCUT2D eigenvalue weighted by atomic mass is 9.94. The molecule has 3 rings (SSSR count). The van der Waals surface area contributed by atoms with Crippen LogP contribution >= 0.6 is 12.2 Å². The number of allylic oxidation sites excluding steroid dienone is 1. The van der Waals surface area contributed by atoms with E-state index in [2.05, 4.69) is 5.32 Å². The highest BCUT2D eigenvalue weighted by Gasteiger charge is 2.36. The molecule has 0 unspecified atom stereocenters. The highest BCUT2D eigenvalue weighted by molar-refractivity contribution is 7.80. The van der Waals surface area contributed by atoms with Gasteiger partial charge in [0, 0.05) is 5.70 Å². The van der Waals surface area contributed by atoms with Gasteiger partial charge in [-0.3, -0.25) is 4.90 Å². The molecule has 7 heteroatoms. The average molecular weight is 413 g/mol. The van der Waals surface area contributed by atoms with E-state index in [0.29, 0.717) is 27.9 Å². The van der Waals surface area contributed by atoms with Gasteiger partial charge in [-0.1, -0.05) is 24.3 Å². The summed E-state index contributed by atoms with van der Waals surface area (Å²) in [5.74, 6) is 0.954. The molecule has 0 spiro atoms. The van der Waals surface area contributed by atoms with E-state index in [1.54, 1.807) is 26.0 Å². The number of esters is 1. The van der Waals surface area contributed by atoms with Crippen molar-refractivity contribution < 1.29 is 19.0 Å². The zero-order valence-corrected chi connectivity index (χ0v) is 17.7. The van der Waals surface area contributed by atoms with Crippen molar-refractivity contribution in [1.82, 2.24) is 5.32 Å². The summed E-state index contributed by atoms with van der Waals surface area (Å²) in [7, 11) is 3.21. The van der Waals surface area contributed by atoms with E-state index in [1.807, 2.05) is 55.5 Å². The Morgan fingerprint density at radius 2 is 1.90 bits per heavy atom. The van der Waals surface area contributed by atoms with Gasteiger partial charge in [0.15, 0.2) is 5.11 Å². The number of ether oxygens (including phenoxy) is 3. The number of hydrogen-bond acceptors (Lipinski definition) is 5. The topological polar surface area (TPSA) is 60.0 Å². The first-order valence-corrected chi connectivity index (χ1v) is 9.68. The number of carbonyl (C=O) groups excluding carboxylic acids is 1. The second-order valence-corrected chi connectivity index (χ2v) is 6.77. The molecule has 1 atom stereocenters. The molecule has 0 bridgehead atoms. The molecule has 0 amide bonds. The van der Waals surface area contributed by atoms with Crippen molar-refractivity contribution in [3.05, 3.63) is 65.4 Å². The lowest BCUT2D eigenvalue weighted by Crippen LogP contribution is -2.48. The van der Waals surface area contributed by atoms with E-state index in [4.69, 9.17) is 26.4 Å². The van der Waals surface area contributed by atoms with Crippen LogP contribution < -0.4 is 19.7 Å². The van der Waals surface area contributed by atoms with E-state index in [9.17, 15) is 4.79 Å². The van der Waals surface area contributed by atoms with Crippen molar-refractivity contribution in [2.45, 2.75) is 19.9 Å². The van der Waals surface area contributed by atoms with Gasteiger partial charge in [0.2, 0.25) is 0 Å². The molecule has 1 N–H and O–H groups in total. The molecule has 2 aromatic rings. The van der Waals surface area contributed by atoms with Crippen molar-refractivity contribution in [3.63, 3.8) is 0 Å². The van der Waals surface area contributed by atoms with Gasteiger partial charge in [-0.2, -0.15) is 0 Å². The van der Waals surface area contributed by atoms with Crippen LogP contribution in [0.15, 0.2) is 59.8 Å². The third-order valence-corrected chi connectivity index (χ3v) is 5.03. The number of carbonyl (C=O) groups is 1. The number of benzene rings is 2. The molecule has 152 valence electrons. The average Bonchev–Trinajstić information content (AvgIpc) is 2.73. The molecule has 2 aromatic carbocycles. The van der Waals surface area contributed by atoms with Gasteiger partial charge < -0.3 is 19.5 Å². The largest absolute Gasteiger partial charge is 0.497 e. The fourth-order valence-electron chi connectivity index (χ4n) is 3.39. The summed E-state index contributed by atoms with van der Waals surface area (Å²) in [5.41, 5.74) is 2.77. The maximum atomic E-state index is 12.9. The SMILES string of the molecule is CCOC(=O)C1=C(C)N(c2ccccc2OC)C(=S)N[C@H]1c1cccc(OC)c1. The monoisotopic (exact) mass is 412 g/mol. The number of methoxy groups -OCH3 is 2. The van der Waals surface area contributed by atoms with Crippen LogP contribution in [0.25, 0.3) is 0 Å². The molecule has 1 heterocycles. The molecule has 29 heavy (non-hydrogen) atoms. The molecule has 6 nitrogen and oxygen atoms in total. The van der Waals surface area contributed by atoms with Crippen LogP contribution in [0.4, 0.5) is 5.69 Å². The fraction of sp³-hybridized carbons (Fsp3) is 0.273. The summed E-state index contributed by atoms with van der Waals surface area (Å²) in [5, 5.41) is 3.76. The molecule has 0 radical (unpaired) electrons. The van der Waals surface area contributed by atoms with Gasteiger partial charge in [-0.25, -0.2) is 4.79 Å². The van der Waals surface area contributed by atoms with Crippen LogP contribution in [0.2, 0.25) is 0 Å². The summed E-state index contributed by atoms with van der Waals surface area (Å²) >= 11 is 5.68. The molecule has 0 saturated heterocycles. The van der Waals surface area contributed by atoms with Crippen LogP contribution in [0.5, 0.6) is 11.5 Å². The molecular weight excluding hydrogens is 388 g/mol. The Labute approximate surface area is 176 Å². The fourth-order valence-corrected chi connectivity index (χ4v) is 3.75. The number of para-hydroxylation sites is 2. The van der Waals surface area contributed by atoms with Crippen molar-refractivity contribution >= 4 is 29.0 Å². The first kappa shape index (κ1) is 20.7. The molecule has 1 aliphatic rings. The Hall–Kier alpha value is -3.06. The minimum Gasteiger partial charge on any atom is -0.497 e.